The number of thioether (sulfide) groups is 1. The first-order valence-corrected chi connectivity index (χ1v) is 13.7. The number of amides is 1. The molecule has 3 aromatic rings. The van der Waals surface area contributed by atoms with E-state index in [4.69, 9.17) is 0 Å². The highest BCUT2D eigenvalue weighted by Crippen LogP contribution is 2.37. The fourth-order valence-corrected chi connectivity index (χ4v) is 5.98. The molecule has 0 saturated carbocycles. The summed E-state index contributed by atoms with van der Waals surface area (Å²) in [5.41, 5.74) is 3.74. The normalized spacial score (nSPS) is 13.5. The lowest BCUT2D eigenvalue weighted by molar-refractivity contribution is -0.116. The van der Waals surface area contributed by atoms with Gasteiger partial charge in [-0.1, -0.05) is 13.0 Å². The molecule has 1 aliphatic rings. The molecule has 184 valence electrons. The summed E-state index contributed by atoms with van der Waals surface area (Å²) < 4.78 is 27.6. The van der Waals surface area contributed by atoms with Crippen molar-refractivity contribution >= 4 is 56.5 Å². The van der Waals surface area contributed by atoms with Gasteiger partial charge in [-0.3, -0.25) is 4.79 Å². The van der Waals surface area contributed by atoms with Gasteiger partial charge in [-0.2, -0.15) is 4.98 Å². The van der Waals surface area contributed by atoms with Crippen LogP contribution in [0.15, 0.2) is 52.4 Å². The Morgan fingerprint density at radius 1 is 1.03 bits per heavy atom. The van der Waals surface area contributed by atoms with Gasteiger partial charge in [-0.25, -0.2) is 18.1 Å². The molecule has 1 aromatic heterocycles. The molecule has 0 atom stereocenters. The first-order chi connectivity index (χ1) is 16.7. The zero-order valence-corrected chi connectivity index (χ0v) is 21.7. The molecule has 0 saturated heterocycles. The SMILES string of the molecule is CCNS(=O)(=O)c1cc(Nc2ncc(C)c(Nc3ccc4c(c3)N(CC)C(=O)CS4)n2)ccc1C. The van der Waals surface area contributed by atoms with E-state index in [1.165, 1.54) is 0 Å². The van der Waals surface area contributed by atoms with Crippen LogP contribution < -0.4 is 20.3 Å². The van der Waals surface area contributed by atoms with E-state index in [1.807, 2.05) is 32.0 Å². The van der Waals surface area contributed by atoms with Crippen molar-refractivity contribution in [2.75, 3.05) is 34.4 Å². The van der Waals surface area contributed by atoms with Crippen LogP contribution in [-0.2, 0) is 14.8 Å². The average molecular weight is 513 g/mol. The summed E-state index contributed by atoms with van der Waals surface area (Å²) in [6.07, 6.45) is 1.69. The molecule has 9 nitrogen and oxygen atoms in total. The average Bonchev–Trinajstić information content (AvgIpc) is 2.82. The zero-order chi connectivity index (χ0) is 25.2. The van der Waals surface area contributed by atoms with E-state index in [-0.39, 0.29) is 10.8 Å². The molecule has 0 spiro atoms. The first-order valence-electron chi connectivity index (χ1n) is 11.3. The predicted molar refractivity (Wildman–Crippen MR) is 141 cm³/mol. The van der Waals surface area contributed by atoms with Crippen LogP contribution in [-0.4, -0.2) is 43.1 Å². The van der Waals surface area contributed by atoms with Crippen LogP contribution in [0.1, 0.15) is 25.0 Å². The summed E-state index contributed by atoms with van der Waals surface area (Å²) in [6, 6.07) is 11.0. The Morgan fingerprint density at radius 3 is 2.51 bits per heavy atom. The Bertz CT molecular complexity index is 1380. The van der Waals surface area contributed by atoms with Crippen LogP contribution in [0.2, 0.25) is 0 Å². The lowest BCUT2D eigenvalue weighted by Crippen LogP contribution is -2.35. The lowest BCUT2D eigenvalue weighted by Gasteiger charge is -2.28. The Labute approximate surface area is 209 Å². The molecule has 35 heavy (non-hydrogen) atoms. The van der Waals surface area contributed by atoms with Crippen LogP contribution in [0.4, 0.5) is 28.8 Å². The molecule has 4 rings (SSSR count). The number of aromatic nitrogens is 2. The fourth-order valence-electron chi connectivity index (χ4n) is 3.76. The number of carbonyl (C=O) groups excluding carboxylic acids is 1. The standard InChI is InChI=1S/C24H28N6O3S2/c1-5-26-35(32,33)21-12-18(8-7-15(21)3)28-24-25-13-16(4)23(29-24)27-17-9-10-20-19(11-17)30(6-2)22(31)14-34-20/h7-13,26H,5-6,14H2,1-4H3,(H2,25,27,28,29). The lowest BCUT2D eigenvalue weighted by atomic mass is 10.2. The molecule has 1 aliphatic heterocycles. The number of rotatable bonds is 8. The number of anilines is 5. The maximum absolute atomic E-state index is 12.5. The van der Waals surface area contributed by atoms with Gasteiger partial charge in [0.2, 0.25) is 21.9 Å². The van der Waals surface area contributed by atoms with E-state index in [0.29, 0.717) is 41.9 Å². The van der Waals surface area contributed by atoms with Gasteiger partial charge < -0.3 is 15.5 Å². The van der Waals surface area contributed by atoms with Crippen LogP contribution >= 0.6 is 11.8 Å². The van der Waals surface area contributed by atoms with Crippen molar-refractivity contribution in [2.45, 2.75) is 37.5 Å². The molecule has 3 N–H and O–H groups in total. The Balaban J connectivity index is 1.59. The number of sulfonamides is 1. The number of aryl methyl sites for hydroxylation is 2. The van der Waals surface area contributed by atoms with E-state index < -0.39 is 10.0 Å². The second-order valence-electron chi connectivity index (χ2n) is 8.07. The van der Waals surface area contributed by atoms with Gasteiger partial charge in [0.05, 0.1) is 16.3 Å². The van der Waals surface area contributed by atoms with Gasteiger partial charge in [0.25, 0.3) is 0 Å². The third-order valence-corrected chi connectivity index (χ3v) is 8.26. The highest BCUT2D eigenvalue weighted by molar-refractivity contribution is 8.00. The van der Waals surface area contributed by atoms with E-state index >= 15 is 0 Å². The minimum Gasteiger partial charge on any atom is -0.340 e. The number of nitrogens with zero attached hydrogens (tertiary/aromatic N) is 3. The maximum atomic E-state index is 12.5. The third kappa shape index (κ3) is 5.42. The smallest absolute Gasteiger partial charge is 0.240 e. The molecule has 2 aromatic carbocycles. The van der Waals surface area contributed by atoms with Crippen molar-refractivity contribution < 1.29 is 13.2 Å². The van der Waals surface area contributed by atoms with Crippen molar-refractivity contribution in [3.8, 4) is 0 Å². The molecule has 0 unspecified atom stereocenters. The molecule has 0 radical (unpaired) electrons. The number of benzene rings is 2. The van der Waals surface area contributed by atoms with Crippen molar-refractivity contribution in [3.05, 3.63) is 53.7 Å². The highest BCUT2D eigenvalue weighted by atomic mass is 32.2. The van der Waals surface area contributed by atoms with Crippen LogP contribution in [0.25, 0.3) is 0 Å². The largest absolute Gasteiger partial charge is 0.340 e. The molecule has 1 amide bonds. The molecule has 0 fully saturated rings. The molecule has 11 heteroatoms. The van der Waals surface area contributed by atoms with E-state index in [1.54, 1.807) is 54.9 Å². The van der Waals surface area contributed by atoms with E-state index in [2.05, 4.69) is 25.3 Å². The Hall–Kier alpha value is -3.15. The van der Waals surface area contributed by atoms with Gasteiger partial charge in [-0.05, 0) is 56.7 Å². The summed E-state index contributed by atoms with van der Waals surface area (Å²) in [5, 5.41) is 6.43. The van der Waals surface area contributed by atoms with Crippen LogP contribution in [0.3, 0.4) is 0 Å². The number of hydrogen-bond donors (Lipinski definition) is 3. The van der Waals surface area contributed by atoms with Gasteiger partial charge in [0.1, 0.15) is 5.82 Å². The fraction of sp³-hybridized carbons (Fsp3) is 0.292. The third-order valence-electron chi connectivity index (χ3n) is 5.52. The van der Waals surface area contributed by atoms with Crippen molar-refractivity contribution in [1.82, 2.24) is 14.7 Å². The summed E-state index contributed by atoms with van der Waals surface area (Å²) >= 11 is 1.54. The number of hydrogen-bond acceptors (Lipinski definition) is 8. The van der Waals surface area contributed by atoms with Gasteiger partial charge >= 0.3 is 0 Å². The quantitative estimate of drug-likeness (QED) is 0.408. The van der Waals surface area contributed by atoms with Crippen LogP contribution in [0, 0.1) is 13.8 Å². The zero-order valence-electron chi connectivity index (χ0n) is 20.0. The topological polar surface area (TPSA) is 116 Å². The highest BCUT2D eigenvalue weighted by Gasteiger charge is 2.24. The van der Waals surface area contributed by atoms with Crippen molar-refractivity contribution in [2.24, 2.45) is 0 Å². The second-order valence-corrected chi connectivity index (χ2v) is 10.8. The Morgan fingerprint density at radius 2 is 1.77 bits per heavy atom. The van der Waals surface area contributed by atoms with Crippen molar-refractivity contribution in [1.29, 1.82) is 0 Å². The second kappa shape index (κ2) is 10.2. The predicted octanol–water partition coefficient (Wildman–Crippen LogP) is 4.34. The first kappa shape index (κ1) is 25.0. The minimum atomic E-state index is -3.60. The van der Waals surface area contributed by atoms with Crippen molar-refractivity contribution in [3.63, 3.8) is 0 Å². The van der Waals surface area contributed by atoms with Gasteiger partial charge in [0, 0.05) is 41.1 Å². The Kier molecular flexibility index (Phi) is 7.29. The van der Waals surface area contributed by atoms with Gasteiger partial charge in [-0.15, -0.1) is 11.8 Å². The minimum absolute atomic E-state index is 0.0977. The molecule has 0 aliphatic carbocycles. The van der Waals surface area contributed by atoms with Crippen LogP contribution in [0.5, 0.6) is 0 Å². The molecular weight excluding hydrogens is 484 g/mol. The summed E-state index contributed by atoms with van der Waals surface area (Å²) in [7, 11) is -3.60. The summed E-state index contributed by atoms with van der Waals surface area (Å²) in [6.45, 7) is 8.27. The molecular formula is C24H28N6O3S2. The number of nitrogens with one attached hydrogen (secondary N) is 3. The van der Waals surface area contributed by atoms with E-state index in [9.17, 15) is 13.2 Å². The van der Waals surface area contributed by atoms with Gasteiger partial charge in [0.15, 0.2) is 0 Å². The number of fused-ring (bicyclic) bond motifs is 1. The van der Waals surface area contributed by atoms with E-state index in [0.717, 1.165) is 21.8 Å². The monoisotopic (exact) mass is 512 g/mol. The summed E-state index contributed by atoms with van der Waals surface area (Å²) in [4.78, 5) is 24.3. The number of carbonyl (C=O) groups is 1. The molecule has 0 bridgehead atoms. The summed E-state index contributed by atoms with van der Waals surface area (Å²) in [5.74, 6) is 1.48. The molecule has 2 heterocycles. The maximum Gasteiger partial charge on any atom is 0.240 e.